The molecule has 7 heteroatoms. The van der Waals surface area contributed by atoms with E-state index in [1.807, 2.05) is 0 Å². The largest absolute Gasteiger partial charge is 0.507 e. The SMILES string of the molecule is O=C(O)CN1CCN(C(=O)c2c(O)cccc2O)CC1. The number of phenols is 2. The Morgan fingerprint density at radius 2 is 1.60 bits per heavy atom. The second kappa shape index (κ2) is 5.79. The van der Waals surface area contributed by atoms with Gasteiger partial charge in [-0.15, -0.1) is 0 Å². The van der Waals surface area contributed by atoms with Crippen LogP contribution in [0.1, 0.15) is 10.4 Å². The molecule has 1 aliphatic heterocycles. The predicted molar refractivity (Wildman–Crippen MR) is 69.8 cm³/mol. The molecule has 0 aromatic heterocycles. The molecule has 1 heterocycles. The summed E-state index contributed by atoms with van der Waals surface area (Å²) in [4.78, 5) is 26.1. The Balaban J connectivity index is 2.04. The number of nitrogens with zero attached hydrogens (tertiary/aromatic N) is 2. The maximum Gasteiger partial charge on any atom is 0.317 e. The van der Waals surface area contributed by atoms with Crippen molar-refractivity contribution in [2.24, 2.45) is 0 Å². The molecule has 0 atom stereocenters. The van der Waals surface area contributed by atoms with Crippen molar-refractivity contribution in [3.8, 4) is 11.5 Å². The molecule has 1 aromatic rings. The Hall–Kier alpha value is -2.28. The smallest absolute Gasteiger partial charge is 0.317 e. The fourth-order valence-electron chi connectivity index (χ4n) is 2.21. The normalized spacial score (nSPS) is 16.1. The molecule has 0 saturated carbocycles. The molecule has 7 nitrogen and oxygen atoms in total. The highest BCUT2D eigenvalue weighted by molar-refractivity contribution is 5.99. The van der Waals surface area contributed by atoms with Crippen molar-refractivity contribution in [1.82, 2.24) is 9.80 Å². The number of hydrogen-bond acceptors (Lipinski definition) is 5. The van der Waals surface area contributed by atoms with Crippen LogP contribution in [0.25, 0.3) is 0 Å². The van der Waals surface area contributed by atoms with E-state index >= 15 is 0 Å². The maximum atomic E-state index is 12.2. The van der Waals surface area contributed by atoms with E-state index in [2.05, 4.69) is 0 Å². The van der Waals surface area contributed by atoms with Crippen LogP contribution in [0, 0.1) is 0 Å². The van der Waals surface area contributed by atoms with Crippen LogP contribution < -0.4 is 0 Å². The summed E-state index contributed by atoms with van der Waals surface area (Å²) >= 11 is 0. The van der Waals surface area contributed by atoms with Crippen LogP contribution in [0.2, 0.25) is 0 Å². The van der Waals surface area contributed by atoms with Crippen LogP contribution in [0.4, 0.5) is 0 Å². The molecular formula is C13H16N2O5. The summed E-state index contributed by atoms with van der Waals surface area (Å²) in [6.07, 6.45) is 0. The van der Waals surface area contributed by atoms with E-state index in [0.29, 0.717) is 26.2 Å². The molecule has 20 heavy (non-hydrogen) atoms. The molecule has 1 aromatic carbocycles. The lowest BCUT2D eigenvalue weighted by atomic mass is 10.1. The quantitative estimate of drug-likeness (QED) is 0.717. The zero-order valence-corrected chi connectivity index (χ0v) is 10.8. The number of piperazine rings is 1. The van der Waals surface area contributed by atoms with Gasteiger partial charge in [0.1, 0.15) is 17.1 Å². The molecule has 0 spiro atoms. The van der Waals surface area contributed by atoms with Gasteiger partial charge in [-0.1, -0.05) is 6.07 Å². The number of rotatable bonds is 3. The first-order chi connectivity index (χ1) is 9.49. The predicted octanol–water partition coefficient (Wildman–Crippen LogP) is -0.0598. The number of carbonyl (C=O) groups excluding carboxylic acids is 1. The number of amides is 1. The summed E-state index contributed by atoms with van der Waals surface area (Å²) in [6.45, 7) is 1.57. The molecule has 1 saturated heterocycles. The highest BCUT2D eigenvalue weighted by Gasteiger charge is 2.26. The van der Waals surface area contributed by atoms with Gasteiger partial charge in [-0.3, -0.25) is 14.5 Å². The third-order valence-corrected chi connectivity index (χ3v) is 3.25. The van der Waals surface area contributed by atoms with Gasteiger partial charge in [0.25, 0.3) is 5.91 Å². The van der Waals surface area contributed by atoms with E-state index in [1.54, 1.807) is 4.90 Å². The van der Waals surface area contributed by atoms with Crippen molar-refractivity contribution in [1.29, 1.82) is 0 Å². The first kappa shape index (κ1) is 14.1. The monoisotopic (exact) mass is 280 g/mol. The molecule has 0 unspecified atom stereocenters. The summed E-state index contributed by atoms with van der Waals surface area (Å²) < 4.78 is 0. The number of carbonyl (C=O) groups is 2. The van der Waals surface area contributed by atoms with Crippen molar-refractivity contribution in [3.05, 3.63) is 23.8 Å². The minimum Gasteiger partial charge on any atom is -0.507 e. The topological polar surface area (TPSA) is 101 Å². The minimum absolute atomic E-state index is 0.0517. The third kappa shape index (κ3) is 3.00. The number of hydrogen-bond donors (Lipinski definition) is 3. The van der Waals surface area contributed by atoms with Gasteiger partial charge in [0.05, 0.1) is 6.54 Å². The van der Waals surface area contributed by atoms with Crippen LogP contribution in [0.15, 0.2) is 18.2 Å². The molecule has 1 fully saturated rings. The molecular weight excluding hydrogens is 264 g/mol. The van der Waals surface area contributed by atoms with Crippen LogP contribution in [0.3, 0.4) is 0 Å². The molecule has 0 aliphatic carbocycles. The Kier molecular flexibility index (Phi) is 4.09. The second-order valence-corrected chi connectivity index (χ2v) is 4.63. The van der Waals surface area contributed by atoms with E-state index in [0.717, 1.165) is 0 Å². The lowest BCUT2D eigenvalue weighted by Gasteiger charge is -2.34. The summed E-state index contributed by atoms with van der Waals surface area (Å²) in [5.74, 6) is -1.87. The van der Waals surface area contributed by atoms with Gasteiger partial charge in [0, 0.05) is 26.2 Å². The average molecular weight is 280 g/mol. The standard InChI is InChI=1S/C13H16N2O5/c16-9-2-1-3-10(17)12(9)13(20)15-6-4-14(5-7-15)8-11(18)19/h1-3,16-17H,4-8H2,(H,18,19). The van der Waals surface area contributed by atoms with Gasteiger partial charge in [-0.2, -0.15) is 0 Å². The highest BCUT2D eigenvalue weighted by atomic mass is 16.4. The van der Waals surface area contributed by atoms with Crippen LogP contribution in [-0.4, -0.2) is 69.7 Å². The fraction of sp³-hybridized carbons (Fsp3) is 0.385. The van der Waals surface area contributed by atoms with Crippen LogP contribution in [0.5, 0.6) is 11.5 Å². The van der Waals surface area contributed by atoms with Gasteiger partial charge in [-0.05, 0) is 12.1 Å². The molecule has 0 radical (unpaired) electrons. The Morgan fingerprint density at radius 3 is 2.10 bits per heavy atom. The second-order valence-electron chi connectivity index (χ2n) is 4.63. The van der Waals surface area contributed by atoms with E-state index < -0.39 is 11.9 Å². The summed E-state index contributed by atoms with van der Waals surface area (Å²) in [5.41, 5.74) is -0.112. The lowest BCUT2D eigenvalue weighted by Crippen LogP contribution is -2.49. The molecule has 1 aliphatic rings. The molecule has 108 valence electrons. The average Bonchev–Trinajstić information content (AvgIpc) is 2.38. The Bertz CT molecular complexity index is 503. The molecule has 0 bridgehead atoms. The number of carboxylic acid groups (broad SMARTS) is 1. The number of aliphatic carboxylic acids is 1. The lowest BCUT2D eigenvalue weighted by molar-refractivity contribution is -0.138. The van der Waals surface area contributed by atoms with Crippen LogP contribution >= 0.6 is 0 Å². The third-order valence-electron chi connectivity index (χ3n) is 3.25. The number of phenolic OH excluding ortho intramolecular Hbond substituents is 2. The fourth-order valence-corrected chi connectivity index (χ4v) is 2.21. The van der Waals surface area contributed by atoms with E-state index in [9.17, 15) is 19.8 Å². The van der Waals surface area contributed by atoms with Gasteiger partial charge in [0.15, 0.2) is 0 Å². The van der Waals surface area contributed by atoms with Gasteiger partial charge >= 0.3 is 5.97 Å². The number of carboxylic acids is 1. The highest BCUT2D eigenvalue weighted by Crippen LogP contribution is 2.27. The van der Waals surface area contributed by atoms with Gasteiger partial charge in [-0.25, -0.2) is 0 Å². The maximum absolute atomic E-state index is 12.2. The Morgan fingerprint density at radius 1 is 1.05 bits per heavy atom. The first-order valence-electron chi connectivity index (χ1n) is 6.23. The van der Waals surface area contributed by atoms with Gasteiger partial charge < -0.3 is 20.2 Å². The van der Waals surface area contributed by atoms with Crippen molar-refractivity contribution >= 4 is 11.9 Å². The molecule has 2 rings (SSSR count). The van der Waals surface area contributed by atoms with Crippen molar-refractivity contribution in [3.63, 3.8) is 0 Å². The first-order valence-corrected chi connectivity index (χ1v) is 6.23. The zero-order valence-electron chi connectivity index (χ0n) is 10.8. The Labute approximate surface area is 115 Å². The van der Waals surface area contributed by atoms with Gasteiger partial charge in [0.2, 0.25) is 0 Å². The zero-order chi connectivity index (χ0) is 14.7. The van der Waals surface area contributed by atoms with Crippen molar-refractivity contribution in [2.45, 2.75) is 0 Å². The molecule has 3 N–H and O–H groups in total. The van der Waals surface area contributed by atoms with E-state index in [-0.39, 0.29) is 23.6 Å². The summed E-state index contributed by atoms with van der Waals surface area (Å²) in [5, 5.41) is 28.0. The summed E-state index contributed by atoms with van der Waals surface area (Å²) in [7, 11) is 0. The molecule has 1 amide bonds. The minimum atomic E-state index is -0.900. The summed E-state index contributed by atoms with van der Waals surface area (Å²) in [6, 6.07) is 4.13. The number of aromatic hydroxyl groups is 2. The van der Waals surface area contributed by atoms with Crippen molar-refractivity contribution in [2.75, 3.05) is 32.7 Å². The van der Waals surface area contributed by atoms with E-state index in [1.165, 1.54) is 23.1 Å². The van der Waals surface area contributed by atoms with E-state index in [4.69, 9.17) is 5.11 Å². The van der Waals surface area contributed by atoms with Crippen molar-refractivity contribution < 1.29 is 24.9 Å². The van der Waals surface area contributed by atoms with Crippen LogP contribution in [-0.2, 0) is 4.79 Å². The number of benzene rings is 1.